The van der Waals surface area contributed by atoms with E-state index in [9.17, 15) is 0 Å². The van der Waals surface area contributed by atoms with Crippen molar-refractivity contribution in [1.82, 2.24) is 14.4 Å². The van der Waals surface area contributed by atoms with E-state index < -0.39 is 0 Å². The molecule has 0 amide bonds. The van der Waals surface area contributed by atoms with Crippen LogP contribution in [-0.2, 0) is 0 Å². The number of hydrogen-bond donors (Lipinski definition) is 1. The second-order valence-electron chi connectivity index (χ2n) is 3.30. The van der Waals surface area contributed by atoms with Crippen molar-refractivity contribution in [2.45, 2.75) is 19.9 Å². The molecular formula is C9H12N4. The van der Waals surface area contributed by atoms with Gasteiger partial charge in [0.05, 0.1) is 18.1 Å². The van der Waals surface area contributed by atoms with Crippen molar-refractivity contribution in [3.8, 4) is 0 Å². The van der Waals surface area contributed by atoms with Gasteiger partial charge in [0.15, 0.2) is 5.65 Å². The molecule has 68 valence electrons. The Bertz CT molecular complexity index is 405. The summed E-state index contributed by atoms with van der Waals surface area (Å²) in [5.41, 5.74) is 1.88. The fourth-order valence-electron chi connectivity index (χ4n) is 1.22. The summed E-state index contributed by atoms with van der Waals surface area (Å²) in [4.78, 5) is 8.23. The van der Waals surface area contributed by atoms with Gasteiger partial charge in [-0.05, 0) is 13.8 Å². The van der Waals surface area contributed by atoms with Gasteiger partial charge in [-0.3, -0.25) is 4.40 Å². The van der Waals surface area contributed by atoms with E-state index in [1.54, 1.807) is 12.5 Å². The first-order chi connectivity index (χ1) is 6.25. The van der Waals surface area contributed by atoms with E-state index in [0.29, 0.717) is 6.04 Å². The fraction of sp³-hybridized carbons (Fsp3) is 0.333. The fourth-order valence-corrected chi connectivity index (χ4v) is 1.22. The van der Waals surface area contributed by atoms with E-state index >= 15 is 0 Å². The van der Waals surface area contributed by atoms with Gasteiger partial charge in [0.25, 0.3) is 0 Å². The van der Waals surface area contributed by atoms with Gasteiger partial charge >= 0.3 is 0 Å². The lowest BCUT2D eigenvalue weighted by molar-refractivity contribution is 0.893. The molecule has 0 spiro atoms. The summed E-state index contributed by atoms with van der Waals surface area (Å²) in [5, 5.41) is 3.28. The van der Waals surface area contributed by atoms with Crippen LogP contribution in [0.25, 0.3) is 5.65 Å². The van der Waals surface area contributed by atoms with Gasteiger partial charge in [-0.15, -0.1) is 0 Å². The molecule has 1 N–H and O–H groups in total. The van der Waals surface area contributed by atoms with Gasteiger partial charge in [0.2, 0.25) is 0 Å². The molecule has 2 aromatic heterocycles. The number of imidazole rings is 1. The largest absolute Gasteiger partial charge is 0.380 e. The van der Waals surface area contributed by atoms with Crippen molar-refractivity contribution in [3.05, 3.63) is 24.9 Å². The Morgan fingerprint density at radius 1 is 1.38 bits per heavy atom. The minimum atomic E-state index is 0.419. The van der Waals surface area contributed by atoms with Crippen LogP contribution in [0.3, 0.4) is 0 Å². The molecule has 4 nitrogen and oxygen atoms in total. The Balaban J connectivity index is 2.37. The van der Waals surface area contributed by atoms with Crippen LogP contribution in [0.2, 0.25) is 0 Å². The van der Waals surface area contributed by atoms with Crippen LogP contribution >= 0.6 is 0 Å². The number of hydrogen-bond acceptors (Lipinski definition) is 3. The summed E-state index contributed by atoms with van der Waals surface area (Å²) in [6.07, 6.45) is 7.28. The second-order valence-corrected chi connectivity index (χ2v) is 3.30. The molecule has 0 unspecified atom stereocenters. The van der Waals surface area contributed by atoms with Gasteiger partial charge in [0, 0.05) is 12.2 Å². The molecule has 4 heteroatoms. The van der Waals surface area contributed by atoms with Crippen molar-refractivity contribution in [3.63, 3.8) is 0 Å². The number of anilines is 1. The molecule has 0 radical (unpaired) electrons. The highest BCUT2D eigenvalue weighted by Gasteiger charge is 1.98. The highest BCUT2D eigenvalue weighted by atomic mass is 15.1. The predicted octanol–water partition coefficient (Wildman–Crippen LogP) is 1.55. The topological polar surface area (TPSA) is 42.2 Å². The third kappa shape index (κ3) is 1.61. The molecule has 2 aromatic rings. The highest BCUT2D eigenvalue weighted by Crippen LogP contribution is 2.07. The molecule has 0 aliphatic carbocycles. The predicted molar refractivity (Wildman–Crippen MR) is 51.7 cm³/mol. The smallest absolute Gasteiger partial charge is 0.156 e. The second kappa shape index (κ2) is 3.05. The monoisotopic (exact) mass is 176 g/mol. The Morgan fingerprint density at radius 3 is 3.00 bits per heavy atom. The van der Waals surface area contributed by atoms with Crippen molar-refractivity contribution in [2.24, 2.45) is 0 Å². The van der Waals surface area contributed by atoms with E-state index in [4.69, 9.17) is 0 Å². The highest BCUT2D eigenvalue weighted by molar-refractivity contribution is 5.45. The summed E-state index contributed by atoms with van der Waals surface area (Å²) in [6, 6.07) is 0.419. The molecular weight excluding hydrogens is 164 g/mol. The van der Waals surface area contributed by atoms with Crippen molar-refractivity contribution < 1.29 is 0 Å². The molecule has 0 saturated carbocycles. The van der Waals surface area contributed by atoms with Crippen LogP contribution in [0.5, 0.6) is 0 Å². The molecule has 0 aromatic carbocycles. The first-order valence-corrected chi connectivity index (χ1v) is 4.30. The Labute approximate surface area is 76.6 Å². The molecule has 13 heavy (non-hydrogen) atoms. The summed E-state index contributed by atoms with van der Waals surface area (Å²) in [5.74, 6) is 0. The SMILES string of the molecule is CC(C)Nc1cnc2cncn2c1. The lowest BCUT2D eigenvalue weighted by atomic mass is 10.4. The average molecular weight is 176 g/mol. The number of nitrogens with one attached hydrogen (secondary N) is 1. The van der Waals surface area contributed by atoms with E-state index in [1.807, 2.05) is 16.8 Å². The van der Waals surface area contributed by atoms with E-state index in [2.05, 4.69) is 29.1 Å². The zero-order valence-corrected chi connectivity index (χ0v) is 7.73. The van der Waals surface area contributed by atoms with Gasteiger partial charge in [-0.25, -0.2) is 9.97 Å². The summed E-state index contributed by atoms with van der Waals surface area (Å²) in [6.45, 7) is 4.19. The van der Waals surface area contributed by atoms with E-state index in [0.717, 1.165) is 11.3 Å². The maximum Gasteiger partial charge on any atom is 0.156 e. The first kappa shape index (κ1) is 8.04. The molecule has 0 saturated heterocycles. The molecule has 0 bridgehead atoms. The van der Waals surface area contributed by atoms with Gasteiger partial charge in [-0.2, -0.15) is 0 Å². The van der Waals surface area contributed by atoms with Crippen LogP contribution in [0.1, 0.15) is 13.8 Å². The minimum Gasteiger partial charge on any atom is -0.380 e. The lowest BCUT2D eigenvalue weighted by Crippen LogP contribution is -2.10. The maximum absolute atomic E-state index is 4.23. The number of fused-ring (bicyclic) bond motifs is 1. The first-order valence-electron chi connectivity index (χ1n) is 4.30. The van der Waals surface area contributed by atoms with Crippen LogP contribution in [-0.4, -0.2) is 20.4 Å². The third-order valence-corrected chi connectivity index (χ3v) is 1.72. The maximum atomic E-state index is 4.23. The molecule has 0 fully saturated rings. The Kier molecular flexibility index (Phi) is 1.88. The zero-order chi connectivity index (χ0) is 9.26. The van der Waals surface area contributed by atoms with Gasteiger partial charge in [0.1, 0.15) is 6.33 Å². The summed E-state index contributed by atoms with van der Waals surface area (Å²) >= 11 is 0. The molecule has 0 aliphatic rings. The van der Waals surface area contributed by atoms with Crippen LogP contribution in [0, 0.1) is 0 Å². The summed E-state index contributed by atoms with van der Waals surface area (Å²) in [7, 11) is 0. The number of nitrogens with zero attached hydrogens (tertiary/aromatic N) is 3. The van der Waals surface area contributed by atoms with Crippen molar-refractivity contribution in [1.29, 1.82) is 0 Å². The standard InChI is InChI=1S/C9H12N4/c1-7(2)12-8-3-11-9-4-10-6-13(9)5-8/h3-7,12H,1-2H3. The van der Waals surface area contributed by atoms with Crippen molar-refractivity contribution >= 4 is 11.3 Å². The minimum absolute atomic E-state index is 0.419. The van der Waals surface area contributed by atoms with Gasteiger partial charge < -0.3 is 5.32 Å². The van der Waals surface area contributed by atoms with Gasteiger partial charge in [-0.1, -0.05) is 0 Å². The van der Waals surface area contributed by atoms with E-state index in [-0.39, 0.29) is 0 Å². The third-order valence-electron chi connectivity index (χ3n) is 1.72. The van der Waals surface area contributed by atoms with Crippen LogP contribution in [0.4, 0.5) is 5.69 Å². The van der Waals surface area contributed by atoms with E-state index in [1.165, 1.54) is 0 Å². The quantitative estimate of drug-likeness (QED) is 0.754. The zero-order valence-electron chi connectivity index (χ0n) is 7.73. The molecule has 2 rings (SSSR count). The Hall–Kier alpha value is -1.58. The number of rotatable bonds is 2. The molecule has 0 aliphatic heterocycles. The molecule has 2 heterocycles. The van der Waals surface area contributed by atoms with Crippen LogP contribution < -0.4 is 5.32 Å². The Morgan fingerprint density at radius 2 is 2.23 bits per heavy atom. The summed E-state index contributed by atoms with van der Waals surface area (Å²) < 4.78 is 1.89. The van der Waals surface area contributed by atoms with Crippen LogP contribution in [0.15, 0.2) is 24.9 Å². The average Bonchev–Trinajstić information content (AvgIpc) is 2.49. The lowest BCUT2D eigenvalue weighted by Gasteiger charge is -2.08. The number of aromatic nitrogens is 3. The van der Waals surface area contributed by atoms with Crippen molar-refractivity contribution in [2.75, 3.05) is 5.32 Å². The normalized spacial score (nSPS) is 11.0. The molecule has 0 atom stereocenters.